The SMILES string of the molecule is Cc1nn(Cc2csc(C(=O)N3CCN(Cc4c(F)cccc4Cl)CC3)c2)c(C)c1[N+](=O)[O-]. The molecule has 0 unspecified atom stereocenters. The second kappa shape index (κ2) is 9.58. The molecule has 0 radical (unpaired) electrons. The molecule has 0 spiro atoms. The van der Waals surface area contributed by atoms with Gasteiger partial charge in [0.2, 0.25) is 0 Å². The highest BCUT2D eigenvalue weighted by Gasteiger charge is 2.25. The number of thiophene rings is 1. The number of halogens is 2. The summed E-state index contributed by atoms with van der Waals surface area (Å²) in [5.74, 6) is -0.366. The molecular formula is C22H23ClFN5O3S. The van der Waals surface area contributed by atoms with Crippen molar-refractivity contribution < 1.29 is 14.1 Å². The zero-order valence-corrected chi connectivity index (χ0v) is 19.8. The summed E-state index contributed by atoms with van der Waals surface area (Å²) in [4.78, 5) is 28.3. The number of nitro groups is 1. The van der Waals surface area contributed by atoms with Crippen LogP contribution < -0.4 is 0 Å². The summed E-state index contributed by atoms with van der Waals surface area (Å²) in [6.07, 6.45) is 0. The molecule has 1 aliphatic rings. The van der Waals surface area contributed by atoms with Gasteiger partial charge in [0.1, 0.15) is 17.2 Å². The Kier molecular flexibility index (Phi) is 6.78. The third-order valence-electron chi connectivity index (χ3n) is 5.83. The predicted molar refractivity (Wildman–Crippen MR) is 124 cm³/mol. The van der Waals surface area contributed by atoms with Gasteiger partial charge < -0.3 is 4.90 Å². The van der Waals surface area contributed by atoms with Gasteiger partial charge in [-0.25, -0.2) is 4.39 Å². The Morgan fingerprint density at radius 3 is 2.61 bits per heavy atom. The van der Waals surface area contributed by atoms with Crippen molar-refractivity contribution in [3.05, 3.63) is 78.0 Å². The lowest BCUT2D eigenvalue weighted by Gasteiger charge is -2.34. The molecule has 0 atom stereocenters. The molecule has 1 saturated heterocycles. The molecule has 1 aliphatic heterocycles. The van der Waals surface area contributed by atoms with Crippen molar-refractivity contribution in [2.75, 3.05) is 26.2 Å². The van der Waals surface area contributed by atoms with Gasteiger partial charge in [-0.05, 0) is 43.0 Å². The summed E-state index contributed by atoms with van der Waals surface area (Å²) in [6, 6.07) is 6.49. The van der Waals surface area contributed by atoms with E-state index in [0.29, 0.717) is 66.1 Å². The highest BCUT2D eigenvalue weighted by Crippen LogP contribution is 2.25. The smallest absolute Gasteiger partial charge is 0.312 e. The van der Waals surface area contributed by atoms with Crippen LogP contribution >= 0.6 is 22.9 Å². The number of aromatic nitrogens is 2. The first kappa shape index (κ1) is 23.3. The fraction of sp³-hybridized carbons (Fsp3) is 0.364. The molecule has 1 amide bonds. The van der Waals surface area contributed by atoms with E-state index in [-0.39, 0.29) is 17.4 Å². The summed E-state index contributed by atoms with van der Waals surface area (Å²) >= 11 is 7.49. The molecule has 3 heterocycles. The molecule has 1 aromatic carbocycles. The Bertz CT molecular complexity index is 1180. The first-order valence-electron chi connectivity index (χ1n) is 10.4. The lowest BCUT2D eigenvalue weighted by molar-refractivity contribution is -0.386. The third-order valence-corrected chi connectivity index (χ3v) is 7.15. The van der Waals surface area contributed by atoms with E-state index in [9.17, 15) is 19.3 Å². The van der Waals surface area contributed by atoms with E-state index in [1.807, 2.05) is 11.4 Å². The Morgan fingerprint density at radius 2 is 1.97 bits per heavy atom. The first-order valence-corrected chi connectivity index (χ1v) is 11.7. The van der Waals surface area contributed by atoms with Gasteiger partial charge in [-0.1, -0.05) is 17.7 Å². The number of nitrogens with zero attached hydrogens (tertiary/aromatic N) is 5. The number of hydrogen-bond donors (Lipinski definition) is 0. The second-order valence-corrected chi connectivity index (χ2v) is 9.34. The second-order valence-electron chi connectivity index (χ2n) is 8.02. The molecule has 4 rings (SSSR count). The maximum Gasteiger partial charge on any atom is 0.312 e. The van der Waals surface area contributed by atoms with Crippen LogP contribution in [0.25, 0.3) is 0 Å². The number of rotatable bonds is 6. The number of carbonyl (C=O) groups is 1. The van der Waals surface area contributed by atoms with E-state index in [2.05, 4.69) is 10.00 Å². The zero-order valence-electron chi connectivity index (χ0n) is 18.3. The van der Waals surface area contributed by atoms with Crippen LogP contribution in [0.5, 0.6) is 0 Å². The van der Waals surface area contributed by atoms with E-state index in [0.717, 1.165) is 5.56 Å². The van der Waals surface area contributed by atoms with E-state index in [1.165, 1.54) is 17.4 Å². The standard InChI is InChI=1S/C22H23ClFN5O3S/c1-14-21(29(31)32)15(2)28(25-14)11-16-10-20(33-13-16)22(30)27-8-6-26(7-9-27)12-17-18(23)4-3-5-19(17)24/h3-5,10,13H,6-9,11-12H2,1-2H3. The maximum absolute atomic E-state index is 14.1. The van der Waals surface area contributed by atoms with Gasteiger partial charge in [0.05, 0.1) is 16.3 Å². The molecule has 0 saturated carbocycles. The number of benzene rings is 1. The van der Waals surface area contributed by atoms with Crippen molar-refractivity contribution in [3.63, 3.8) is 0 Å². The van der Waals surface area contributed by atoms with Gasteiger partial charge in [-0.2, -0.15) is 5.10 Å². The maximum atomic E-state index is 14.1. The van der Waals surface area contributed by atoms with Crippen molar-refractivity contribution in [1.82, 2.24) is 19.6 Å². The normalized spacial score (nSPS) is 14.6. The fourth-order valence-electron chi connectivity index (χ4n) is 4.02. The molecule has 0 N–H and O–H groups in total. The van der Waals surface area contributed by atoms with E-state index >= 15 is 0 Å². The molecule has 1 fully saturated rings. The average molecular weight is 492 g/mol. The van der Waals surface area contributed by atoms with E-state index in [4.69, 9.17) is 11.6 Å². The monoisotopic (exact) mass is 491 g/mol. The fourth-order valence-corrected chi connectivity index (χ4v) is 5.11. The number of carbonyl (C=O) groups excluding carboxylic acids is 1. The van der Waals surface area contributed by atoms with Crippen LogP contribution in [0.15, 0.2) is 29.6 Å². The quantitative estimate of drug-likeness (QED) is 0.380. The van der Waals surface area contributed by atoms with E-state index < -0.39 is 4.92 Å². The van der Waals surface area contributed by atoms with Crippen molar-refractivity contribution >= 4 is 34.5 Å². The Labute approximate surface area is 199 Å². The van der Waals surface area contributed by atoms with Crippen molar-refractivity contribution in [2.24, 2.45) is 0 Å². The Morgan fingerprint density at radius 1 is 1.24 bits per heavy atom. The van der Waals surface area contributed by atoms with Gasteiger partial charge >= 0.3 is 5.69 Å². The van der Waals surface area contributed by atoms with Crippen LogP contribution in [0.2, 0.25) is 5.02 Å². The van der Waals surface area contributed by atoms with Crippen LogP contribution in [0, 0.1) is 29.8 Å². The third kappa shape index (κ3) is 4.92. The van der Waals surface area contributed by atoms with Crippen molar-refractivity contribution in [2.45, 2.75) is 26.9 Å². The predicted octanol–water partition coefficient (Wildman–Crippen LogP) is 4.27. The molecule has 3 aromatic rings. The van der Waals surface area contributed by atoms with Crippen molar-refractivity contribution in [3.8, 4) is 0 Å². The van der Waals surface area contributed by atoms with Crippen LogP contribution in [0.1, 0.15) is 32.2 Å². The van der Waals surface area contributed by atoms with Crippen LogP contribution in [0.4, 0.5) is 10.1 Å². The van der Waals surface area contributed by atoms with Gasteiger partial charge in [-0.15, -0.1) is 11.3 Å². The number of piperazine rings is 1. The highest BCUT2D eigenvalue weighted by atomic mass is 35.5. The first-order chi connectivity index (χ1) is 15.7. The van der Waals surface area contributed by atoms with Gasteiger partial charge in [0.25, 0.3) is 5.91 Å². The summed E-state index contributed by atoms with van der Waals surface area (Å²) in [6.45, 7) is 6.40. The van der Waals surface area contributed by atoms with Crippen molar-refractivity contribution in [1.29, 1.82) is 0 Å². The summed E-state index contributed by atoms with van der Waals surface area (Å²) in [5, 5.41) is 17.8. The molecule has 174 valence electrons. The average Bonchev–Trinajstić information content (AvgIpc) is 3.35. The number of hydrogen-bond acceptors (Lipinski definition) is 6. The molecule has 8 nitrogen and oxygen atoms in total. The molecule has 33 heavy (non-hydrogen) atoms. The number of amides is 1. The van der Waals surface area contributed by atoms with E-state index in [1.54, 1.807) is 35.6 Å². The molecule has 11 heteroatoms. The summed E-state index contributed by atoms with van der Waals surface area (Å²) < 4.78 is 15.7. The van der Waals surface area contributed by atoms with Gasteiger partial charge in [0, 0.05) is 43.3 Å². The zero-order chi connectivity index (χ0) is 23.7. The minimum absolute atomic E-state index is 0.0241. The molecule has 2 aromatic heterocycles. The Hall–Kier alpha value is -2.82. The highest BCUT2D eigenvalue weighted by molar-refractivity contribution is 7.12. The summed E-state index contributed by atoms with van der Waals surface area (Å²) in [5.41, 5.74) is 2.24. The minimum Gasteiger partial charge on any atom is -0.335 e. The van der Waals surface area contributed by atoms with Gasteiger partial charge in [0.15, 0.2) is 0 Å². The van der Waals surface area contributed by atoms with Crippen LogP contribution in [-0.4, -0.2) is 56.6 Å². The lowest BCUT2D eigenvalue weighted by Crippen LogP contribution is -2.48. The largest absolute Gasteiger partial charge is 0.335 e. The minimum atomic E-state index is -0.420. The number of aryl methyl sites for hydroxylation is 1. The topological polar surface area (TPSA) is 84.5 Å². The van der Waals surface area contributed by atoms with Crippen LogP contribution in [-0.2, 0) is 13.1 Å². The lowest BCUT2D eigenvalue weighted by atomic mass is 10.1. The molecule has 0 bridgehead atoms. The van der Waals surface area contributed by atoms with Crippen LogP contribution in [0.3, 0.4) is 0 Å². The summed E-state index contributed by atoms with van der Waals surface area (Å²) in [7, 11) is 0. The molecular weight excluding hydrogens is 469 g/mol. The Balaban J connectivity index is 1.37. The van der Waals surface area contributed by atoms with Gasteiger partial charge in [-0.3, -0.25) is 24.5 Å². The molecule has 0 aliphatic carbocycles.